The van der Waals surface area contributed by atoms with Gasteiger partial charge in [-0.15, -0.1) is 0 Å². The summed E-state index contributed by atoms with van der Waals surface area (Å²) in [5.41, 5.74) is 0.710. The van der Waals surface area contributed by atoms with Crippen molar-refractivity contribution < 1.29 is 9.53 Å². The molecule has 0 fully saturated rings. The Morgan fingerprint density at radius 2 is 2.29 bits per heavy atom. The highest BCUT2D eigenvalue weighted by atomic mass is 16.5. The van der Waals surface area contributed by atoms with Crippen molar-refractivity contribution in [2.45, 2.75) is 0 Å². The van der Waals surface area contributed by atoms with Crippen LogP contribution in [-0.4, -0.2) is 23.4 Å². The Balaban J connectivity index is 2.65. The Labute approximate surface area is 80.6 Å². The Kier molecular flexibility index (Phi) is 2.10. The highest BCUT2D eigenvalue weighted by molar-refractivity contribution is 5.82. The lowest BCUT2D eigenvalue weighted by Crippen LogP contribution is -1.92. The second kappa shape index (κ2) is 3.41. The van der Waals surface area contributed by atoms with Crippen molar-refractivity contribution in [2.75, 3.05) is 7.11 Å². The zero-order valence-corrected chi connectivity index (χ0v) is 7.60. The third-order valence-electron chi connectivity index (χ3n) is 1.91. The summed E-state index contributed by atoms with van der Waals surface area (Å²) in [6, 6.07) is 5.44. The van der Waals surface area contributed by atoms with Gasteiger partial charge < -0.3 is 4.74 Å². The van der Waals surface area contributed by atoms with Gasteiger partial charge in [0.15, 0.2) is 12.1 Å². The van der Waals surface area contributed by atoms with Crippen LogP contribution in [-0.2, 0) is 0 Å². The molecular weight excluding hydrogens is 180 g/mol. The molecule has 0 aliphatic rings. The van der Waals surface area contributed by atoms with E-state index in [-0.39, 0.29) is 5.82 Å². The summed E-state index contributed by atoms with van der Waals surface area (Å²) in [6.45, 7) is 0. The van der Waals surface area contributed by atoms with Crippen LogP contribution >= 0.6 is 0 Å². The average Bonchev–Trinajstić information content (AvgIpc) is 2.27. The van der Waals surface area contributed by atoms with Crippen LogP contribution in [0.25, 0.3) is 10.9 Å². The van der Waals surface area contributed by atoms with E-state index in [0.717, 1.165) is 5.39 Å². The van der Waals surface area contributed by atoms with Gasteiger partial charge in [0.2, 0.25) is 0 Å². The normalized spacial score (nSPS) is 10.1. The van der Waals surface area contributed by atoms with Crippen molar-refractivity contribution >= 4 is 17.2 Å². The smallest absolute Gasteiger partial charge is 0.193 e. The van der Waals surface area contributed by atoms with Crippen LogP contribution in [0.1, 0.15) is 10.6 Å². The molecule has 14 heavy (non-hydrogen) atoms. The van der Waals surface area contributed by atoms with Crippen LogP contribution in [0.2, 0.25) is 0 Å². The Bertz CT molecular complexity index is 483. The summed E-state index contributed by atoms with van der Waals surface area (Å²) in [5, 5.41) is 0.886. The maximum absolute atomic E-state index is 10.4. The molecular formula is C10H8N2O2. The molecule has 0 unspecified atom stereocenters. The number of rotatable bonds is 2. The molecule has 0 saturated carbocycles. The van der Waals surface area contributed by atoms with Gasteiger partial charge >= 0.3 is 0 Å². The van der Waals surface area contributed by atoms with Gasteiger partial charge in [-0.1, -0.05) is 0 Å². The van der Waals surface area contributed by atoms with E-state index in [4.69, 9.17) is 4.74 Å². The SMILES string of the molecule is COc1ccc2cnc(C=O)nc2c1. The van der Waals surface area contributed by atoms with Gasteiger partial charge in [0.05, 0.1) is 12.6 Å². The van der Waals surface area contributed by atoms with E-state index >= 15 is 0 Å². The molecule has 1 aromatic heterocycles. The third-order valence-corrected chi connectivity index (χ3v) is 1.91. The number of fused-ring (bicyclic) bond motifs is 1. The highest BCUT2D eigenvalue weighted by Gasteiger charge is 1.99. The molecule has 0 spiro atoms. The number of carbonyl (C=O) groups is 1. The second-order valence-electron chi connectivity index (χ2n) is 2.77. The Hall–Kier alpha value is -1.97. The number of aldehydes is 1. The second-order valence-corrected chi connectivity index (χ2v) is 2.77. The van der Waals surface area contributed by atoms with Crippen molar-refractivity contribution in [1.29, 1.82) is 0 Å². The molecule has 0 N–H and O–H groups in total. The number of hydrogen-bond donors (Lipinski definition) is 0. The van der Waals surface area contributed by atoms with Crippen LogP contribution in [0.3, 0.4) is 0 Å². The van der Waals surface area contributed by atoms with Gasteiger partial charge in [0, 0.05) is 17.6 Å². The molecule has 2 rings (SSSR count). The number of hydrogen-bond acceptors (Lipinski definition) is 4. The number of methoxy groups -OCH3 is 1. The van der Waals surface area contributed by atoms with Crippen molar-refractivity contribution in [3.63, 3.8) is 0 Å². The molecule has 0 saturated heterocycles. The van der Waals surface area contributed by atoms with Gasteiger partial charge in [-0.05, 0) is 12.1 Å². The topological polar surface area (TPSA) is 52.1 Å². The van der Waals surface area contributed by atoms with Crippen LogP contribution < -0.4 is 4.74 Å². The first kappa shape index (κ1) is 8.62. The largest absolute Gasteiger partial charge is 0.497 e. The fourth-order valence-electron chi connectivity index (χ4n) is 1.20. The monoisotopic (exact) mass is 188 g/mol. The maximum atomic E-state index is 10.4. The molecule has 4 heteroatoms. The number of nitrogens with zero attached hydrogens (tertiary/aromatic N) is 2. The van der Waals surface area contributed by atoms with E-state index in [2.05, 4.69) is 9.97 Å². The molecule has 0 radical (unpaired) electrons. The third kappa shape index (κ3) is 1.42. The predicted molar refractivity (Wildman–Crippen MR) is 51.5 cm³/mol. The number of ether oxygens (including phenoxy) is 1. The zero-order chi connectivity index (χ0) is 9.97. The molecule has 1 heterocycles. The van der Waals surface area contributed by atoms with Gasteiger partial charge in [-0.3, -0.25) is 4.79 Å². The van der Waals surface area contributed by atoms with Crippen molar-refractivity contribution in [3.05, 3.63) is 30.2 Å². The summed E-state index contributed by atoms with van der Waals surface area (Å²) < 4.78 is 5.05. The minimum Gasteiger partial charge on any atom is -0.497 e. The van der Waals surface area contributed by atoms with Crippen LogP contribution in [0.15, 0.2) is 24.4 Å². The molecule has 0 aliphatic carbocycles. The van der Waals surface area contributed by atoms with E-state index in [1.54, 1.807) is 19.4 Å². The van der Waals surface area contributed by atoms with Crippen molar-refractivity contribution in [3.8, 4) is 5.75 Å². The van der Waals surface area contributed by atoms with Crippen molar-refractivity contribution in [1.82, 2.24) is 9.97 Å². The summed E-state index contributed by atoms with van der Waals surface area (Å²) in [4.78, 5) is 18.4. The zero-order valence-electron chi connectivity index (χ0n) is 7.60. The molecule has 0 amide bonds. The number of carbonyl (C=O) groups excluding carboxylic acids is 1. The molecule has 70 valence electrons. The molecule has 0 atom stereocenters. The lowest BCUT2D eigenvalue weighted by molar-refractivity contribution is 0.111. The fourth-order valence-corrected chi connectivity index (χ4v) is 1.20. The Morgan fingerprint density at radius 3 is 3.00 bits per heavy atom. The first-order valence-corrected chi connectivity index (χ1v) is 4.09. The summed E-state index contributed by atoms with van der Waals surface area (Å²) in [5.74, 6) is 0.902. The van der Waals surface area contributed by atoms with Gasteiger partial charge in [0.1, 0.15) is 5.75 Å². The average molecular weight is 188 g/mol. The standard InChI is InChI=1S/C10H8N2O2/c1-14-8-3-2-7-5-11-10(6-13)12-9(7)4-8/h2-6H,1H3. The highest BCUT2D eigenvalue weighted by Crippen LogP contribution is 2.17. The van der Waals surface area contributed by atoms with E-state index in [1.165, 1.54) is 0 Å². The van der Waals surface area contributed by atoms with Gasteiger partial charge in [-0.2, -0.15) is 0 Å². The molecule has 4 nitrogen and oxygen atoms in total. The first-order valence-electron chi connectivity index (χ1n) is 4.09. The molecule has 0 bridgehead atoms. The van der Waals surface area contributed by atoms with E-state index in [1.807, 2.05) is 12.1 Å². The van der Waals surface area contributed by atoms with Gasteiger partial charge in [-0.25, -0.2) is 9.97 Å². The number of benzene rings is 1. The lowest BCUT2D eigenvalue weighted by atomic mass is 10.2. The summed E-state index contributed by atoms with van der Waals surface area (Å²) in [7, 11) is 1.59. The fraction of sp³-hybridized carbons (Fsp3) is 0.100. The van der Waals surface area contributed by atoms with Crippen LogP contribution in [0.5, 0.6) is 5.75 Å². The van der Waals surface area contributed by atoms with Crippen molar-refractivity contribution in [2.24, 2.45) is 0 Å². The molecule has 2 aromatic rings. The maximum Gasteiger partial charge on any atom is 0.193 e. The number of aromatic nitrogens is 2. The first-order chi connectivity index (χ1) is 6.83. The predicted octanol–water partition coefficient (Wildman–Crippen LogP) is 1.45. The quantitative estimate of drug-likeness (QED) is 0.669. The van der Waals surface area contributed by atoms with Gasteiger partial charge in [0.25, 0.3) is 0 Å². The van der Waals surface area contributed by atoms with E-state index in [0.29, 0.717) is 17.6 Å². The molecule has 0 aliphatic heterocycles. The summed E-state index contributed by atoms with van der Waals surface area (Å²) in [6.07, 6.45) is 2.24. The molecule has 1 aromatic carbocycles. The van der Waals surface area contributed by atoms with E-state index < -0.39 is 0 Å². The minimum atomic E-state index is 0.186. The minimum absolute atomic E-state index is 0.186. The Morgan fingerprint density at radius 1 is 1.43 bits per heavy atom. The van der Waals surface area contributed by atoms with Crippen LogP contribution in [0, 0.1) is 0 Å². The van der Waals surface area contributed by atoms with E-state index in [9.17, 15) is 4.79 Å². The summed E-state index contributed by atoms with van der Waals surface area (Å²) >= 11 is 0. The lowest BCUT2D eigenvalue weighted by Gasteiger charge is -2.01. The van der Waals surface area contributed by atoms with Crippen LogP contribution in [0.4, 0.5) is 0 Å².